The molecule has 138 valence electrons. The highest BCUT2D eigenvalue weighted by molar-refractivity contribution is 5.99. The fourth-order valence-electron chi connectivity index (χ4n) is 2.72. The first-order chi connectivity index (χ1) is 13.5. The van der Waals surface area contributed by atoms with Crippen molar-refractivity contribution in [3.63, 3.8) is 0 Å². The Bertz CT molecular complexity index is 1100. The van der Waals surface area contributed by atoms with Crippen LogP contribution in [0.15, 0.2) is 66.7 Å². The summed E-state index contributed by atoms with van der Waals surface area (Å²) in [6.45, 7) is 0. The minimum absolute atomic E-state index is 0.190. The summed E-state index contributed by atoms with van der Waals surface area (Å²) < 4.78 is 10.3. The number of nitro groups is 1. The van der Waals surface area contributed by atoms with Crippen molar-refractivity contribution in [3.8, 4) is 28.7 Å². The van der Waals surface area contributed by atoms with E-state index in [1.807, 2.05) is 0 Å². The maximum atomic E-state index is 12.8. The number of nitro benzene ring substituents is 1. The number of hydrogen-bond acceptors (Lipinski definition) is 6. The van der Waals surface area contributed by atoms with E-state index in [0.717, 1.165) is 0 Å². The number of benzene rings is 3. The third kappa shape index (κ3) is 3.66. The Morgan fingerprint density at radius 3 is 2.39 bits per heavy atom. The van der Waals surface area contributed by atoms with E-state index < -0.39 is 10.9 Å². The number of esters is 1. The molecule has 7 heteroatoms. The molecule has 0 radical (unpaired) electrons. The molecule has 28 heavy (non-hydrogen) atoms. The summed E-state index contributed by atoms with van der Waals surface area (Å²) in [5.74, 6) is -0.689. The predicted molar refractivity (Wildman–Crippen MR) is 101 cm³/mol. The Labute approximate surface area is 160 Å². The summed E-state index contributed by atoms with van der Waals surface area (Å²) in [6.07, 6.45) is 0. The molecule has 0 N–H and O–H groups in total. The van der Waals surface area contributed by atoms with E-state index in [1.165, 1.54) is 25.3 Å². The van der Waals surface area contributed by atoms with Crippen molar-refractivity contribution in [2.45, 2.75) is 0 Å². The first-order valence-corrected chi connectivity index (χ1v) is 8.18. The summed E-state index contributed by atoms with van der Waals surface area (Å²) in [4.78, 5) is 23.4. The highest BCUT2D eigenvalue weighted by Gasteiger charge is 2.22. The standard InChI is InChI=1S/C21H14N2O5/c1-27-15-10-11-20(19(12-15)23(25)26)28-21(24)18-9-5-4-8-17(18)16-7-3-2-6-14(16)13-22/h2-12H,1H3. The van der Waals surface area contributed by atoms with Gasteiger partial charge in [0.2, 0.25) is 5.75 Å². The van der Waals surface area contributed by atoms with Crippen LogP contribution in [0.4, 0.5) is 5.69 Å². The van der Waals surface area contributed by atoms with Gasteiger partial charge in [-0.2, -0.15) is 5.26 Å². The Balaban J connectivity index is 2.02. The van der Waals surface area contributed by atoms with Gasteiger partial charge in [-0.1, -0.05) is 36.4 Å². The molecule has 3 aromatic carbocycles. The van der Waals surface area contributed by atoms with Gasteiger partial charge >= 0.3 is 11.7 Å². The van der Waals surface area contributed by atoms with Gasteiger partial charge in [-0.25, -0.2) is 4.79 Å². The van der Waals surface area contributed by atoms with E-state index in [4.69, 9.17) is 9.47 Å². The maximum absolute atomic E-state index is 12.8. The van der Waals surface area contributed by atoms with E-state index in [9.17, 15) is 20.2 Å². The number of methoxy groups -OCH3 is 1. The molecule has 0 aliphatic carbocycles. The molecule has 3 aromatic rings. The Morgan fingerprint density at radius 1 is 1.04 bits per heavy atom. The molecule has 0 unspecified atom stereocenters. The van der Waals surface area contributed by atoms with Gasteiger partial charge in [0.1, 0.15) is 5.75 Å². The van der Waals surface area contributed by atoms with Crippen molar-refractivity contribution in [1.29, 1.82) is 5.26 Å². The maximum Gasteiger partial charge on any atom is 0.344 e. The minimum atomic E-state index is -0.767. The fourth-order valence-corrected chi connectivity index (χ4v) is 2.72. The van der Waals surface area contributed by atoms with Gasteiger partial charge < -0.3 is 9.47 Å². The van der Waals surface area contributed by atoms with Crippen LogP contribution >= 0.6 is 0 Å². The monoisotopic (exact) mass is 374 g/mol. The van der Waals surface area contributed by atoms with Gasteiger partial charge in [-0.15, -0.1) is 0 Å². The van der Waals surface area contributed by atoms with Crippen molar-refractivity contribution in [2.75, 3.05) is 7.11 Å². The van der Waals surface area contributed by atoms with Gasteiger partial charge in [0, 0.05) is 5.56 Å². The molecule has 0 fully saturated rings. The number of carbonyl (C=O) groups excluding carboxylic acids is 1. The smallest absolute Gasteiger partial charge is 0.344 e. The largest absolute Gasteiger partial charge is 0.496 e. The van der Waals surface area contributed by atoms with Gasteiger partial charge in [0.15, 0.2) is 0 Å². The molecular weight excluding hydrogens is 360 g/mol. The molecule has 3 rings (SSSR count). The Hall–Kier alpha value is -4.18. The first kappa shape index (κ1) is 18.6. The van der Waals surface area contributed by atoms with E-state index in [1.54, 1.807) is 48.5 Å². The van der Waals surface area contributed by atoms with Crippen LogP contribution in [-0.2, 0) is 0 Å². The molecule has 0 heterocycles. The van der Waals surface area contributed by atoms with Crippen molar-refractivity contribution >= 4 is 11.7 Å². The zero-order valence-corrected chi connectivity index (χ0v) is 14.8. The van der Waals surface area contributed by atoms with Crippen LogP contribution in [-0.4, -0.2) is 18.0 Å². The van der Waals surface area contributed by atoms with Gasteiger partial charge in [0.25, 0.3) is 0 Å². The lowest BCUT2D eigenvalue weighted by Crippen LogP contribution is -2.11. The number of carbonyl (C=O) groups is 1. The minimum Gasteiger partial charge on any atom is -0.496 e. The predicted octanol–water partition coefficient (Wildman–Crippen LogP) is 4.36. The third-order valence-electron chi connectivity index (χ3n) is 4.05. The molecule has 0 amide bonds. The fraction of sp³-hybridized carbons (Fsp3) is 0.0476. The van der Waals surface area contributed by atoms with Gasteiger partial charge in [-0.05, 0) is 29.8 Å². The molecular formula is C21H14N2O5. The highest BCUT2D eigenvalue weighted by Crippen LogP contribution is 2.33. The summed E-state index contributed by atoms with van der Waals surface area (Å²) >= 11 is 0. The molecule has 0 bridgehead atoms. The van der Waals surface area contributed by atoms with E-state index in [0.29, 0.717) is 16.7 Å². The molecule has 0 atom stereocenters. The van der Waals surface area contributed by atoms with Gasteiger partial charge in [0.05, 0.1) is 35.3 Å². The first-order valence-electron chi connectivity index (χ1n) is 8.18. The number of ether oxygens (including phenoxy) is 2. The highest BCUT2D eigenvalue weighted by atomic mass is 16.6. The third-order valence-corrected chi connectivity index (χ3v) is 4.05. The SMILES string of the molecule is COc1ccc(OC(=O)c2ccccc2-c2ccccc2C#N)c([N+](=O)[O-])c1. The normalized spacial score (nSPS) is 10.0. The van der Waals surface area contributed by atoms with Crippen molar-refractivity contribution in [1.82, 2.24) is 0 Å². The van der Waals surface area contributed by atoms with Crippen LogP contribution in [0.25, 0.3) is 11.1 Å². The lowest BCUT2D eigenvalue weighted by atomic mass is 9.96. The second-order valence-corrected chi connectivity index (χ2v) is 5.68. The number of rotatable bonds is 5. The quantitative estimate of drug-likeness (QED) is 0.284. The molecule has 0 saturated heterocycles. The number of nitriles is 1. The van der Waals surface area contributed by atoms with E-state index in [-0.39, 0.29) is 22.7 Å². The lowest BCUT2D eigenvalue weighted by molar-refractivity contribution is -0.385. The number of hydrogen-bond donors (Lipinski definition) is 0. The second-order valence-electron chi connectivity index (χ2n) is 5.68. The van der Waals surface area contributed by atoms with Crippen molar-refractivity contribution in [2.24, 2.45) is 0 Å². The summed E-state index contributed by atoms with van der Waals surface area (Å²) in [5, 5.41) is 20.6. The summed E-state index contributed by atoms with van der Waals surface area (Å²) in [7, 11) is 1.38. The Morgan fingerprint density at radius 2 is 1.71 bits per heavy atom. The number of nitrogens with zero attached hydrogens (tertiary/aromatic N) is 2. The second kappa shape index (κ2) is 8.01. The molecule has 7 nitrogen and oxygen atoms in total. The van der Waals surface area contributed by atoms with Crippen LogP contribution in [0.1, 0.15) is 15.9 Å². The Kier molecular flexibility index (Phi) is 5.33. The molecule has 0 saturated carbocycles. The summed E-state index contributed by atoms with van der Waals surface area (Å²) in [5.41, 5.74) is 1.28. The molecule has 0 aliphatic rings. The van der Waals surface area contributed by atoms with E-state index >= 15 is 0 Å². The van der Waals surface area contributed by atoms with Crippen molar-refractivity contribution < 1.29 is 19.2 Å². The molecule has 0 aromatic heterocycles. The summed E-state index contributed by atoms with van der Waals surface area (Å²) in [6, 6.07) is 19.5. The average molecular weight is 374 g/mol. The lowest BCUT2D eigenvalue weighted by Gasteiger charge is -2.11. The zero-order valence-electron chi connectivity index (χ0n) is 14.8. The van der Waals surface area contributed by atoms with Crippen LogP contribution < -0.4 is 9.47 Å². The van der Waals surface area contributed by atoms with Crippen LogP contribution in [0.2, 0.25) is 0 Å². The average Bonchev–Trinajstić information content (AvgIpc) is 2.73. The van der Waals surface area contributed by atoms with Crippen LogP contribution in [0.5, 0.6) is 11.5 Å². The zero-order chi connectivity index (χ0) is 20.1. The molecule has 0 aliphatic heterocycles. The molecule has 0 spiro atoms. The van der Waals surface area contributed by atoms with Gasteiger partial charge in [-0.3, -0.25) is 10.1 Å². The van der Waals surface area contributed by atoms with Crippen LogP contribution in [0.3, 0.4) is 0 Å². The van der Waals surface area contributed by atoms with Crippen LogP contribution in [0, 0.1) is 21.4 Å². The topological polar surface area (TPSA) is 102 Å². The van der Waals surface area contributed by atoms with Crippen molar-refractivity contribution in [3.05, 3.63) is 88.0 Å². The van der Waals surface area contributed by atoms with E-state index in [2.05, 4.69) is 6.07 Å².